The number of hydrogen-bond donors (Lipinski definition) is 2. The van der Waals surface area contributed by atoms with E-state index in [9.17, 15) is 0 Å². The molecule has 1 N–H and O–H groups in total. The second kappa shape index (κ2) is 12.0. The molecule has 0 bridgehead atoms. The zero-order valence-corrected chi connectivity index (χ0v) is 7.09. The third-order valence-electron chi connectivity index (χ3n) is 0.471. The van der Waals surface area contributed by atoms with E-state index in [1.807, 2.05) is 0 Å². The van der Waals surface area contributed by atoms with E-state index in [0.29, 0.717) is 13.2 Å². The van der Waals surface area contributed by atoms with E-state index in [1.165, 1.54) is 0 Å². The number of thiol groups is 1. The number of hydrogen-bond acceptors (Lipinski definition) is 2. The molecule has 3 nitrogen and oxygen atoms in total. The maximum atomic E-state index is 8.86. The van der Waals surface area contributed by atoms with Crippen molar-refractivity contribution in [2.75, 3.05) is 13.2 Å². The van der Waals surface area contributed by atoms with E-state index in [4.69, 9.17) is 14.6 Å². The summed E-state index contributed by atoms with van der Waals surface area (Å²) in [6, 6.07) is 0. The van der Waals surface area contributed by atoms with Gasteiger partial charge < -0.3 is 9.84 Å². The molecule has 0 saturated heterocycles. The van der Waals surface area contributed by atoms with Gasteiger partial charge in [0, 0.05) is 0 Å². The summed E-state index contributed by atoms with van der Waals surface area (Å²) in [4.78, 5) is 8.86. The lowest BCUT2D eigenvalue weighted by atomic mass is 10.6. The van der Waals surface area contributed by atoms with Crippen molar-refractivity contribution in [3.05, 3.63) is 25.3 Å². The van der Waals surface area contributed by atoms with Gasteiger partial charge in [-0.05, 0) is 0 Å². The fourth-order valence-electron chi connectivity index (χ4n) is 0.235. The normalized spacial score (nSPS) is 7.36. The third kappa shape index (κ3) is 45.9. The first-order valence-electron chi connectivity index (χ1n) is 2.86. The van der Waals surface area contributed by atoms with Crippen molar-refractivity contribution in [1.82, 2.24) is 0 Å². The molecule has 0 aliphatic rings. The van der Waals surface area contributed by atoms with Crippen LogP contribution in [0.3, 0.4) is 0 Å². The minimum absolute atomic E-state index is 0.617. The van der Waals surface area contributed by atoms with Crippen molar-refractivity contribution in [3.63, 3.8) is 0 Å². The lowest BCUT2D eigenvalue weighted by Gasteiger charge is -1.89. The summed E-state index contributed by atoms with van der Waals surface area (Å²) in [6.07, 6.45) is 3.42. The first-order valence-corrected chi connectivity index (χ1v) is 3.31. The van der Waals surface area contributed by atoms with Crippen molar-refractivity contribution >= 4 is 17.9 Å². The molecule has 0 aromatic heterocycles. The number of carboxylic acid groups (broad SMARTS) is 1. The molecule has 0 amide bonds. The standard InChI is InChI=1S/C6H10O.CH2O2S/c1-3-5-7-6-4-2;2-1(3)4/h3-4H,1-2,5-6H2;4H,(H,2,3). The highest BCUT2D eigenvalue weighted by Gasteiger charge is 1.70. The van der Waals surface area contributed by atoms with Crippen LogP contribution in [-0.2, 0) is 4.74 Å². The smallest absolute Gasteiger partial charge is 0.361 e. The summed E-state index contributed by atoms with van der Waals surface area (Å²) < 4.78 is 4.90. The van der Waals surface area contributed by atoms with Crippen molar-refractivity contribution in [1.29, 1.82) is 0 Å². The maximum absolute atomic E-state index is 8.86. The molecule has 0 aliphatic carbocycles. The molecule has 11 heavy (non-hydrogen) atoms. The zero-order valence-electron chi connectivity index (χ0n) is 6.19. The van der Waals surface area contributed by atoms with Gasteiger partial charge in [0.2, 0.25) is 0 Å². The Balaban J connectivity index is 0. The highest BCUT2D eigenvalue weighted by Crippen LogP contribution is 1.72. The van der Waals surface area contributed by atoms with Crippen molar-refractivity contribution in [2.24, 2.45) is 0 Å². The SMILES string of the molecule is C=CCOCC=C.O=C(O)S. The molecule has 0 atom stereocenters. The minimum atomic E-state index is -1.14. The highest BCUT2D eigenvalue weighted by molar-refractivity contribution is 7.96. The molecule has 64 valence electrons. The van der Waals surface area contributed by atoms with E-state index in [2.05, 4.69) is 25.8 Å². The average molecular weight is 176 g/mol. The summed E-state index contributed by atoms with van der Waals surface area (Å²) >= 11 is 2.88. The maximum Gasteiger partial charge on any atom is 0.361 e. The van der Waals surface area contributed by atoms with Crippen molar-refractivity contribution < 1.29 is 14.6 Å². The van der Waals surface area contributed by atoms with E-state index in [1.54, 1.807) is 12.2 Å². The summed E-state index contributed by atoms with van der Waals surface area (Å²) in [5, 5.41) is 6.14. The van der Waals surface area contributed by atoms with Crippen LogP contribution in [0, 0.1) is 0 Å². The fourth-order valence-corrected chi connectivity index (χ4v) is 0.235. The molecule has 0 aliphatic heterocycles. The lowest BCUT2D eigenvalue weighted by molar-refractivity contribution is 0.194. The Labute approximate surface area is 71.8 Å². The molecule has 0 unspecified atom stereocenters. The van der Waals surface area contributed by atoms with Crippen LogP contribution in [0.4, 0.5) is 4.79 Å². The fraction of sp³-hybridized carbons (Fsp3) is 0.286. The van der Waals surface area contributed by atoms with Crippen LogP contribution in [-0.4, -0.2) is 23.6 Å². The van der Waals surface area contributed by atoms with Crippen LogP contribution in [0.5, 0.6) is 0 Å². The molecule has 0 rings (SSSR count). The second-order valence-electron chi connectivity index (χ2n) is 1.40. The second-order valence-corrected chi connectivity index (χ2v) is 1.78. The highest BCUT2D eigenvalue weighted by atomic mass is 32.1. The van der Waals surface area contributed by atoms with Gasteiger partial charge in [-0.2, -0.15) is 0 Å². The van der Waals surface area contributed by atoms with E-state index in [-0.39, 0.29) is 0 Å². The Kier molecular flexibility index (Phi) is 14.1. The molecule has 0 saturated carbocycles. The van der Waals surface area contributed by atoms with Gasteiger partial charge in [-0.25, -0.2) is 4.79 Å². The van der Waals surface area contributed by atoms with Crippen LogP contribution in [0.2, 0.25) is 0 Å². The van der Waals surface area contributed by atoms with Crippen molar-refractivity contribution in [3.8, 4) is 0 Å². The average Bonchev–Trinajstić information content (AvgIpc) is 1.88. The zero-order chi connectivity index (χ0) is 9.11. The first kappa shape index (κ1) is 12.9. The molecule has 4 heteroatoms. The first-order chi connectivity index (χ1) is 5.15. The minimum Gasteiger partial charge on any atom is -0.473 e. The molecule has 0 aromatic rings. The summed E-state index contributed by atoms with van der Waals surface area (Å²) in [6.45, 7) is 8.18. The van der Waals surface area contributed by atoms with E-state index in [0.717, 1.165) is 0 Å². The third-order valence-corrected chi connectivity index (χ3v) is 0.471. The number of carbonyl (C=O) groups is 1. The van der Waals surface area contributed by atoms with Gasteiger partial charge in [-0.15, -0.1) is 13.2 Å². The van der Waals surface area contributed by atoms with E-state index >= 15 is 0 Å². The molecule has 0 aromatic carbocycles. The largest absolute Gasteiger partial charge is 0.473 e. The Bertz CT molecular complexity index is 111. The van der Waals surface area contributed by atoms with Gasteiger partial charge in [0.15, 0.2) is 0 Å². The van der Waals surface area contributed by atoms with Crippen LogP contribution < -0.4 is 0 Å². The molecule has 0 spiro atoms. The van der Waals surface area contributed by atoms with Crippen molar-refractivity contribution in [2.45, 2.75) is 0 Å². The predicted molar refractivity (Wildman–Crippen MR) is 48.2 cm³/mol. The topological polar surface area (TPSA) is 46.5 Å². The van der Waals surface area contributed by atoms with Crippen LogP contribution in [0.1, 0.15) is 0 Å². The Morgan fingerprint density at radius 3 is 1.91 bits per heavy atom. The van der Waals surface area contributed by atoms with Crippen LogP contribution in [0.25, 0.3) is 0 Å². The number of rotatable bonds is 4. The predicted octanol–water partition coefficient (Wildman–Crippen LogP) is 1.97. The molecule has 0 fully saturated rings. The van der Waals surface area contributed by atoms with E-state index < -0.39 is 5.30 Å². The van der Waals surface area contributed by atoms with Gasteiger partial charge >= 0.3 is 5.30 Å². The molecule has 0 radical (unpaired) electrons. The summed E-state index contributed by atoms with van der Waals surface area (Å²) in [5.41, 5.74) is 0. The summed E-state index contributed by atoms with van der Waals surface area (Å²) in [5.74, 6) is 0. The Hall–Kier alpha value is -0.740. The van der Waals surface area contributed by atoms with Crippen LogP contribution >= 0.6 is 12.6 Å². The molecular formula is C7H12O3S. The van der Waals surface area contributed by atoms with Gasteiger partial charge in [0.05, 0.1) is 13.2 Å². The quantitative estimate of drug-likeness (QED) is 0.391. The van der Waals surface area contributed by atoms with Crippen LogP contribution in [0.15, 0.2) is 25.3 Å². The Morgan fingerprint density at radius 1 is 1.45 bits per heavy atom. The lowest BCUT2D eigenvalue weighted by Crippen LogP contribution is -1.87. The Morgan fingerprint density at radius 2 is 1.73 bits per heavy atom. The van der Waals surface area contributed by atoms with Gasteiger partial charge in [0.25, 0.3) is 0 Å². The molecule has 0 heterocycles. The van der Waals surface area contributed by atoms with Gasteiger partial charge in [-0.1, -0.05) is 24.8 Å². The number of ether oxygens (including phenoxy) is 1. The summed E-state index contributed by atoms with van der Waals surface area (Å²) in [7, 11) is 0. The van der Waals surface area contributed by atoms with Gasteiger partial charge in [0.1, 0.15) is 0 Å². The molecular weight excluding hydrogens is 164 g/mol. The van der Waals surface area contributed by atoms with Gasteiger partial charge in [-0.3, -0.25) is 0 Å². The monoisotopic (exact) mass is 176 g/mol.